The number of rotatable bonds is 9. The molecule has 3 rings (SSSR count). The van der Waals surface area contributed by atoms with Crippen LogP contribution >= 0.6 is 0 Å². The van der Waals surface area contributed by atoms with E-state index in [2.05, 4.69) is 43.3 Å². The minimum Gasteiger partial charge on any atom is -0.399 e. The van der Waals surface area contributed by atoms with Gasteiger partial charge in [-0.3, -0.25) is 0 Å². The van der Waals surface area contributed by atoms with Crippen molar-refractivity contribution in [3.63, 3.8) is 0 Å². The van der Waals surface area contributed by atoms with E-state index < -0.39 is 0 Å². The molecule has 0 saturated heterocycles. The third-order valence-corrected chi connectivity index (χ3v) is 6.53. The van der Waals surface area contributed by atoms with E-state index in [0.717, 1.165) is 12.1 Å². The van der Waals surface area contributed by atoms with Crippen LogP contribution in [0.15, 0.2) is 48.5 Å². The summed E-state index contributed by atoms with van der Waals surface area (Å²) in [6, 6.07) is 17.7. The molecule has 0 spiro atoms. The molecule has 2 N–H and O–H groups in total. The first kappa shape index (κ1) is 20.0. The van der Waals surface area contributed by atoms with Crippen LogP contribution in [0.5, 0.6) is 0 Å². The second-order valence-corrected chi connectivity index (χ2v) is 8.58. The van der Waals surface area contributed by atoms with Gasteiger partial charge in [-0.25, -0.2) is 0 Å². The van der Waals surface area contributed by atoms with Gasteiger partial charge in [0.1, 0.15) is 0 Å². The monoisotopic (exact) mass is 363 g/mol. The summed E-state index contributed by atoms with van der Waals surface area (Å²) in [4.78, 5) is 0. The minimum absolute atomic E-state index is 0.412. The van der Waals surface area contributed by atoms with Crippen LogP contribution in [0.2, 0.25) is 0 Å². The maximum absolute atomic E-state index is 5.88. The van der Waals surface area contributed by atoms with Crippen molar-refractivity contribution < 1.29 is 0 Å². The highest BCUT2D eigenvalue weighted by molar-refractivity contribution is 5.43. The van der Waals surface area contributed by atoms with Crippen molar-refractivity contribution in [2.24, 2.45) is 0 Å². The Balaban J connectivity index is 1.80. The van der Waals surface area contributed by atoms with Gasteiger partial charge >= 0.3 is 0 Å². The predicted molar refractivity (Wildman–Crippen MR) is 118 cm³/mol. The predicted octanol–water partition coefficient (Wildman–Crippen LogP) is 7.42. The van der Waals surface area contributed by atoms with Crippen molar-refractivity contribution in [1.82, 2.24) is 0 Å². The lowest BCUT2D eigenvalue weighted by molar-refractivity contribution is 0.264. The van der Waals surface area contributed by atoms with Crippen molar-refractivity contribution in [3.8, 4) is 0 Å². The summed E-state index contributed by atoms with van der Waals surface area (Å²) in [6.45, 7) is 2.30. The second kappa shape index (κ2) is 9.97. The Morgan fingerprint density at radius 1 is 0.815 bits per heavy atom. The van der Waals surface area contributed by atoms with E-state index in [1.165, 1.54) is 81.8 Å². The maximum atomic E-state index is 5.88. The van der Waals surface area contributed by atoms with E-state index in [9.17, 15) is 0 Å². The number of hydrogen-bond donors (Lipinski definition) is 1. The standard InChI is InChI=1S/C26H37N/c1-2-3-4-5-9-18-26(19-10-6-11-20-26)25-13-8-7-12-23(25)21-22-14-16-24(27)17-15-22/h7-8,12-17H,2-6,9-11,18-21,27H2,1H3. The molecule has 1 saturated carbocycles. The first-order valence-corrected chi connectivity index (χ1v) is 11.2. The fraction of sp³-hybridized carbons (Fsp3) is 0.538. The number of benzene rings is 2. The normalized spacial score (nSPS) is 16.3. The number of nitrogens with two attached hydrogens (primary N) is 1. The van der Waals surface area contributed by atoms with E-state index in [1.54, 1.807) is 5.56 Å². The largest absolute Gasteiger partial charge is 0.399 e. The molecule has 1 fully saturated rings. The van der Waals surface area contributed by atoms with Gasteiger partial charge in [-0.1, -0.05) is 94.7 Å². The molecule has 1 heteroatoms. The maximum Gasteiger partial charge on any atom is 0.0314 e. The minimum atomic E-state index is 0.412. The van der Waals surface area contributed by atoms with Gasteiger partial charge in [0.15, 0.2) is 0 Å². The molecule has 0 bridgehead atoms. The van der Waals surface area contributed by atoms with E-state index in [0.29, 0.717) is 5.41 Å². The third kappa shape index (κ3) is 5.37. The number of nitrogen functional groups attached to an aromatic ring is 1. The topological polar surface area (TPSA) is 26.0 Å². The van der Waals surface area contributed by atoms with Crippen molar-refractivity contribution >= 4 is 5.69 Å². The molecule has 2 aromatic carbocycles. The van der Waals surface area contributed by atoms with Gasteiger partial charge in [0.2, 0.25) is 0 Å². The molecule has 0 radical (unpaired) electrons. The number of anilines is 1. The summed E-state index contributed by atoms with van der Waals surface area (Å²) < 4.78 is 0. The van der Waals surface area contributed by atoms with Crippen molar-refractivity contribution in [2.75, 3.05) is 5.73 Å². The van der Waals surface area contributed by atoms with Crippen molar-refractivity contribution in [3.05, 3.63) is 65.2 Å². The highest BCUT2D eigenvalue weighted by Crippen LogP contribution is 2.45. The lowest BCUT2D eigenvalue weighted by atomic mass is 9.65. The Hall–Kier alpha value is -1.76. The zero-order chi connectivity index (χ0) is 19.0. The van der Waals surface area contributed by atoms with Gasteiger partial charge < -0.3 is 5.73 Å². The second-order valence-electron chi connectivity index (χ2n) is 8.58. The van der Waals surface area contributed by atoms with Crippen LogP contribution in [0.25, 0.3) is 0 Å². The zero-order valence-electron chi connectivity index (χ0n) is 17.2. The molecule has 0 unspecified atom stereocenters. The summed E-state index contributed by atoms with van der Waals surface area (Å²) in [6.07, 6.45) is 16.2. The van der Waals surface area contributed by atoms with E-state index in [-0.39, 0.29) is 0 Å². The molecule has 0 amide bonds. The van der Waals surface area contributed by atoms with Gasteiger partial charge in [0.25, 0.3) is 0 Å². The lowest BCUT2D eigenvalue weighted by Crippen LogP contribution is -2.30. The summed E-state index contributed by atoms with van der Waals surface area (Å²) in [5.74, 6) is 0. The molecule has 27 heavy (non-hydrogen) atoms. The van der Waals surface area contributed by atoms with E-state index in [4.69, 9.17) is 5.73 Å². The number of hydrogen-bond acceptors (Lipinski definition) is 1. The molecule has 1 aliphatic rings. The smallest absolute Gasteiger partial charge is 0.0314 e. The zero-order valence-corrected chi connectivity index (χ0v) is 17.2. The Morgan fingerprint density at radius 2 is 1.52 bits per heavy atom. The Labute approximate surface area is 166 Å². The van der Waals surface area contributed by atoms with Gasteiger partial charge in [0, 0.05) is 5.69 Å². The summed E-state index contributed by atoms with van der Waals surface area (Å²) in [5.41, 5.74) is 11.7. The lowest BCUT2D eigenvalue weighted by Gasteiger charge is -2.39. The summed E-state index contributed by atoms with van der Waals surface area (Å²) in [7, 11) is 0. The average Bonchev–Trinajstić information content (AvgIpc) is 2.71. The van der Waals surface area contributed by atoms with Gasteiger partial charge in [-0.2, -0.15) is 0 Å². The average molecular weight is 364 g/mol. The first-order valence-electron chi connectivity index (χ1n) is 11.2. The van der Waals surface area contributed by atoms with Gasteiger partial charge in [0.05, 0.1) is 0 Å². The summed E-state index contributed by atoms with van der Waals surface area (Å²) in [5, 5.41) is 0. The molecular weight excluding hydrogens is 326 g/mol. The van der Waals surface area contributed by atoms with Crippen LogP contribution in [-0.4, -0.2) is 0 Å². The van der Waals surface area contributed by atoms with E-state index in [1.807, 2.05) is 12.1 Å². The van der Waals surface area contributed by atoms with E-state index >= 15 is 0 Å². The molecule has 0 heterocycles. The highest BCUT2D eigenvalue weighted by atomic mass is 14.5. The Bertz CT molecular complexity index is 680. The fourth-order valence-corrected chi connectivity index (χ4v) is 5.00. The molecule has 0 aromatic heterocycles. The van der Waals surface area contributed by atoms with Crippen LogP contribution in [0.4, 0.5) is 5.69 Å². The Morgan fingerprint density at radius 3 is 2.26 bits per heavy atom. The van der Waals surface area contributed by atoms with Crippen LogP contribution < -0.4 is 5.73 Å². The first-order chi connectivity index (χ1) is 13.2. The quantitative estimate of drug-likeness (QED) is 0.364. The molecule has 146 valence electrons. The molecular formula is C26H37N. The SMILES string of the molecule is CCCCCCCC1(c2ccccc2Cc2ccc(N)cc2)CCCCC1. The Kier molecular flexibility index (Phi) is 7.38. The van der Waals surface area contributed by atoms with Gasteiger partial charge in [-0.15, -0.1) is 0 Å². The molecule has 2 aromatic rings. The van der Waals surface area contributed by atoms with Crippen LogP contribution in [0.1, 0.15) is 94.2 Å². The summed E-state index contributed by atoms with van der Waals surface area (Å²) >= 11 is 0. The van der Waals surface area contributed by atoms with Crippen LogP contribution in [0, 0.1) is 0 Å². The van der Waals surface area contributed by atoms with Crippen LogP contribution in [-0.2, 0) is 11.8 Å². The van der Waals surface area contributed by atoms with Crippen molar-refractivity contribution in [1.29, 1.82) is 0 Å². The fourth-order valence-electron chi connectivity index (χ4n) is 5.00. The molecule has 1 aliphatic carbocycles. The van der Waals surface area contributed by atoms with Gasteiger partial charge in [-0.05, 0) is 59.9 Å². The highest BCUT2D eigenvalue weighted by Gasteiger charge is 2.34. The van der Waals surface area contributed by atoms with Crippen LogP contribution in [0.3, 0.4) is 0 Å². The van der Waals surface area contributed by atoms with Crippen molar-refractivity contribution in [2.45, 2.75) is 89.4 Å². The number of unbranched alkanes of at least 4 members (excludes halogenated alkanes) is 4. The molecule has 1 nitrogen and oxygen atoms in total. The molecule has 0 aliphatic heterocycles. The third-order valence-electron chi connectivity index (χ3n) is 6.53. The molecule has 0 atom stereocenters.